The maximum atomic E-state index is 10.1. The number of amidine groups is 1. The summed E-state index contributed by atoms with van der Waals surface area (Å²) in [5, 5.41) is 20.6. The van der Waals surface area contributed by atoms with Gasteiger partial charge in [-0.05, 0) is 37.0 Å². The van der Waals surface area contributed by atoms with Crippen LogP contribution in [0, 0.1) is 0 Å². The van der Waals surface area contributed by atoms with Crippen molar-refractivity contribution < 1.29 is 19.7 Å². The van der Waals surface area contributed by atoms with E-state index >= 15 is 0 Å². The molecule has 6 nitrogen and oxygen atoms in total. The van der Waals surface area contributed by atoms with Crippen LogP contribution in [0.1, 0.15) is 24.8 Å². The van der Waals surface area contributed by atoms with Crippen LogP contribution in [-0.2, 0) is 11.2 Å². The van der Waals surface area contributed by atoms with Gasteiger partial charge in [0.05, 0.1) is 19.3 Å². The number of hydrogen-bond acceptors (Lipinski definition) is 6. The highest BCUT2D eigenvalue weighted by molar-refractivity contribution is 8.14. The van der Waals surface area contributed by atoms with E-state index in [1.165, 1.54) is 17.3 Å². The third-order valence-corrected chi connectivity index (χ3v) is 5.11. The van der Waals surface area contributed by atoms with Crippen molar-refractivity contribution in [1.29, 1.82) is 0 Å². The molecule has 2 unspecified atom stereocenters. The van der Waals surface area contributed by atoms with Gasteiger partial charge in [0.2, 0.25) is 0 Å². The van der Waals surface area contributed by atoms with E-state index in [-0.39, 0.29) is 5.44 Å². The van der Waals surface area contributed by atoms with Crippen LogP contribution in [0.15, 0.2) is 29.3 Å². The van der Waals surface area contributed by atoms with Crippen molar-refractivity contribution in [2.45, 2.75) is 49.4 Å². The molecule has 0 amide bonds. The lowest BCUT2D eigenvalue weighted by atomic mass is 9.97. The zero-order valence-corrected chi connectivity index (χ0v) is 14.9. The Balaban J connectivity index is 1.84. The molecular formula is C17H26N2O4S. The predicted octanol–water partition coefficient (Wildman–Crippen LogP) is 1.53. The van der Waals surface area contributed by atoms with Crippen LogP contribution in [0.4, 0.5) is 0 Å². The van der Waals surface area contributed by atoms with Crippen molar-refractivity contribution in [2.24, 2.45) is 10.7 Å². The average molecular weight is 354 g/mol. The molecule has 2 rings (SSSR count). The standard InChI is InChI=1S/C17H26N2O4S/c1-19-17(18)24-15-10-13(20)16(21)14(23-15)5-3-4-11-6-8-12(22-2)9-7-11/h6-9,13-16,20-21H,3-5,10H2,1-2H3,(H2,18,19)/t13?,14?,15-,16+/m1/s1. The van der Waals surface area contributed by atoms with Crippen molar-refractivity contribution >= 4 is 16.9 Å². The SMILES string of the molecule is CN=C(N)S[C@@H]1CC(O)[C@H](O)C(CCCc2ccc(OC)cc2)O1. The van der Waals surface area contributed by atoms with Crippen LogP contribution in [0.5, 0.6) is 5.75 Å². The fraction of sp³-hybridized carbons (Fsp3) is 0.588. The summed E-state index contributed by atoms with van der Waals surface area (Å²) in [5.74, 6) is 0.836. The minimum Gasteiger partial charge on any atom is -0.497 e. The van der Waals surface area contributed by atoms with Crippen LogP contribution in [0.25, 0.3) is 0 Å². The summed E-state index contributed by atoms with van der Waals surface area (Å²) in [7, 11) is 3.26. The molecular weight excluding hydrogens is 328 g/mol. The van der Waals surface area contributed by atoms with Gasteiger partial charge < -0.3 is 25.4 Å². The predicted molar refractivity (Wildman–Crippen MR) is 96.4 cm³/mol. The highest BCUT2D eigenvalue weighted by Crippen LogP contribution is 2.30. The first-order chi connectivity index (χ1) is 11.5. The maximum absolute atomic E-state index is 10.1. The highest BCUT2D eigenvalue weighted by Gasteiger charge is 2.36. The molecule has 0 radical (unpaired) electrons. The van der Waals surface area contributed by atoms with Crippen molar-refractivity contribution in [2.75, 3.05) is 14.2 Å². The zero-order valence-electron chi connectivity index (χ0n) is 14.1. The highest BCUT2D eigenvalue weighted by atomic mass is 32.2. The Bertz CT molecular complexity index is 538. The van der Waals surface area contributed by atoms with Crippen LogP contribution >= 0.6 is 11.8 Å². The van der Waals surface area contributed by atoms with Crippen LogP contribution in [0.2, 0.25) is 0 Å². The van der Waals surface area contributed by atoms with Gasteiger partial charge in [-0.3, -0.25) is 4.99 Å². The van der Waals surface area contributed by atoms with E-state index in [4.69, 9.17) is 15.2 Å². The van der Waals surface area contributed by atoms with Crippen molar-refractivity contribution in [3.63, 3.8) is 0 Å². The Hall–Kier alpha value is -1.28. The second-order valence-electron chi connectivity index (χ2n) is 5.82. The van der Waals surface area contributed by atoms with Gasteiger partial charge in [-0.25, -0.2) is 0 Å². The summed E-state index contributed by atoms with van der Waals surface area (Å²) in [6.07, 6.45) is 0.693. The number of nitrogens with two attached hydrogens (primary N) is 1. The Morgan fingerprint density at radius 3 is 2.71 bits per heavy atom. The Morgan fingerprint density at radius 2 is 2.08 bits per heavy atom. The summed E-state index contributed by atoms with van der Waals surface area (Å²) in [6.45, 7) is 0. The number of aliphatic hydroxyl groups is 2. The molecule has 1 heterocycles. The lowest BCUT2D eigenvalue weighted by Gasteiger charge is -2.36. The summed E-state index contributed by atoms with van der Waals surface area (Å²) < 4.78 is 11.0. The lowest BCUT2D eigenvalue weighted by Crippen LogP contribution is -2.47. The number of methoxy groups -OCH3 is 1. The number of benzene rings is 1. The van der Waals surface area contributed by atoms with E-state index in [1.54, 1.807) is 14.2 Å². The minimum absolute atomic E-state index is 0.280. The molecule has 0 aliphatic carbocycles. The molecule has 4 N–H and O–H groups in total. The normalized spacial score (nSPS) is 27.9. The molecule has 1 fully saturated rings. The van der Waals surface area contributed by atoms with E-state index in [0.717, 1.165) is 18.6 Å². The van der Waals surface area contributed by atoms with Gasteiger partial charge in [-0.1, -0.05) is 23.9 Å². The number of aliphatic hydroxyl groups excluding tert-OH is 2. The molecule has 1 aromatic rings. The van der Waals surface area contributed by atoms with E-state index in [1.807, 2.05) is 24.3 Å². The maximum Gasteiger partial charge on any atom is 0.156 e. The first-order valence-corrected chi connectivity index (χ1v) is 8.95. The van der Waals surface area contributed by atoms with Gasteiger partial charge >= 0.3 is 0 Å². The van der Waals surface area contributed by atoms with E-state index in [2.05, 4.69) is 4.99 Å². The minimum atomic E-state index is -0.863. The van der Waals surface area contributed by atoms with Crippen LogP contribution in [0.3, 0.4) is 0 Å². The van der Waals surface area contributed by atoms with E-state index in [0.29, 0.717) is 18.0 Å². The quantitative estimate of drug-likeness (QED) is 0.529. The average Bonchev–Trinajstić information content (AvgIpc) is 2.59. The number of thioether (sulfide) groups is 1. The number of ether oxygens (including phenoxy) is 2. The number of rotatable bonds is 6. The molecule has 24 heavy (non-hydrogen) atoms. The first kappa shape index (κ1) is 19.1. The monoisotopic (exact) mass is 354 g/mol. The van der Waals surface area contributed by atoms with Gasteiger partial charge in [-0.15, -0.1) is 0 Å². The molecule has 0 bridgehead atoms. The third-order valence-electron chi connectivity index (χ3n) is 4.12. The van der Waals surface area contributed by atoms with E-state index < -0.39 is 18.3 Å². The van der Waals surface area contributed by atoms with Crippen molar-refractivity contribution in [1.82, 2.24) is 0 Å². The first-order valence-electron chi connectivity index (χ1n) is 8.07. The van der Waals surface area contributed by atoms with Gasteiger partial charge in [0.25, 0.3) is 0 Å². The molecule has 7 heteroatoms. The summed E-state index contributed by atoms with van der Waals surface area (Å²) in [6, 6.07) is 7.93. The Morgan fingerprint density at radius 1 is 1.38 bits per heavy atom. The molecule has 1 aromatic carbocycles. The summed E-state index contributed by atoms with van der Waals surface area (Å²) in [4.78, 5) is 3.89. The zero-order chi connectivity index (χ0) is 17.5. The van der Waals surface area contributed by atoms with Gasteiger partial charge in [-0.2, -0.15) is 0 Å². The Kier molecular flexibility index (Phi) is 7.36. The molecule has 1 aliphatic rings. The fourth-order valence-electron chi connectivity index (χ4n) is 2.72. The molecule has 1 saturated heterocycles. The molecule has 0 saturated carbocycles. The molecule has 0 aromatic heterocycles. The largest absolute Gasteiger partial charge is 0.497 e. The molecule has 134 valence electrons. The molecule has 0 spiro atoms. The van der Waals surface area contributed by atoms with Crippen molar-refractivity contribution in [3.8, 4) is 5.75 Å². The third kappa shape index (κ3) is 5.37. The van der Waals surface area contributed by atoms with Gasteiger partial charge in [0.1, 0.15) is 17.3 Å². The van der Waals surface area contributed by atoms with Crippen LogP contribution in [-0.4, -0.2) is 53.3 Å². The van der Waals surface area contributed by atoms with Crippen molar-refractivity contribution in [3.05, 3.63) is 29.8 Å². The second-order valence-corrected chi connectivity index (χ2v) is 7.00. The smallest absolute Gasteiger partial charge is 0.156 e. The fourth-order valence-corrected chi connectivity index (χ4v) is 3.58. The lowest BCUT2D eigenvalue weighted by molar-refractivity contribution is -0.146. The summed E-state index contributed by atoms with van der Waals surface area (Å²) in [5.41, 5.74) is 6.63. The number of hydrogen-bond donors (Lipinski definition) is 3. The molecule has 1 aliphatic heterocycles. The van der Waals surface area contributed by atoms with Crippen LogP contribution < -0.4 is 10.5 Å². The second kappa shape index (κ2) is 9.27. The summed E-state index contributed by atoms with van der Waals surface area (Å²) >= 11 is 1.28. The van der Waals surface area contributed by atoms with Gasteiger partial charge in [0, 0.05) is 13.5 Å². The number of aliphatic imine (C=N–C) groups is 1. The molecule has 4 atom stereocenters. The number of aryl methyl sites for hydroxylation is 1. The number of nitrogens with zero attached hydrogens (tertiary/aromatic N) is 1. The van der Waals surface area contributed by atoms with Gasteiger partial charge in [0.15, 0.2) is 5.17 Å². The topological polar surface area (TPSA) is 97.3 Å². The Labute approximate surface area is 147 Å². The van der Waals surface area contributed by atoms with E-state index in [9.17, 15) is 10.2 Å².